The summed E-state index contributed by atoms with van der Waals surface area (Å²) in [6.45, 7) is 3.53. The minimum atomic E-state index is -0.489. The SMILES string of the molecule is CCc1ccccc1OCC(=O)NNC(=O)c1[nH]c2c(c1C)C(=O)CCC2. The number of rotatable bonds is 5. The van der Waals surface area contributed by atoms with E-state index in [0.29, 0.717) is 29.0 Å². The molecule has 2 amide bonds. The third-order valence-corrected chi connectivity index (χ3v) is 4.69. The van der Waals surface area contributed by atoms with Crippen molar-refractivity contribution < 1.29 is 19.1 Å². The lowest BCUT2D eigenvalue weighted by molar-refractivity contribution is -0.123. The number of fused-ring (bicyclic) bond motifs is 1. The van der Waals surface area contributed by atoms with E-state index < -0.39 is 11.8 Å². The lowest BCUT2D eigenvalue weighted by atomic mass is 9.94. The van der Waals surface area contributed by atoms with Gasteiger partial charge in [-0.25, -0.2) is 0 Å². The van der Waals surface area contributed by atoms with Crippen molar-refractivity contribution in [2.75, 3.05) is 6.61 Å². The lowest BCUT2D eigenvalue weighted by Gasteiger charge is -2.11. The highest BCUT2D eigenvalue weighted by Gasteiger charge is 2.26. The lowest BCUT2D eigenvalue weighted by Crippen LogP contribution is -2.44. The summed E-state index contributed by atoms with van der Waals surface area (Å²) >= 11 is 0. The first-order chi connectivity index (χ1) is 13.0. The zero-order chi connectivity index (χ0) is 19.4. The molecule has 1 aromatic heterocycles. The number of carbonyl (C=O) groups is 3. The monoisotopic (exact) mass is 369 g/mol. The van der Waals surface area contributed by atoms with Crippen molar-refractivity contribution >= 4 is 17.6 Å². The summed E-state index contributed by atoms with van der Waals surface area (Å²) in [5.74, 6) is -0.264. The third-order valence-electron chi connectivity index (χ3n) is 4.69. The van der Waals surface area contributed by atoms with E-state index in [4.69, 9.17) is 4.74 Å². The van der Waals surface area contributed by atoms with Gasteiger partial charge in [-0.05, 0) is 43.4 Å². The van der Waals surface area contributed by atoms with Crippen LogP contribution in [0.4, 0.5) is 0 Å². The van der Waals surface area contributed by atoms with Crippen LogP contribution in [-0.2, 0) is 17.6 Å². The molecule has 0 saturated carbocycles. The van der Waals surface area contributed by atoms with E-state index in [-0.39, 0.29) is 12.4 Å². The zero-order valence-corrected chi connectivity index (χ0v) is 15.5. The number of aromatic nitrogens is 1. The number of benzene rings is 1. The van der Waals surface area contributed by atoms with Gasteiger partial charge in [0.25, 0.3) is 11.8 Å². The van der Waals surface area contributed by atoms with E-state index in [0.717, 1.165) is 30.5 Å². The van der Waals surface area contributed by atoms with Crippen LogP contribution in [0.3, 0.4) is 0 Å². The zero-order valence-electron chi connectivity index (χ0n) is 15.5. The molecule has 0 aliphatic heterocycles. The minimum Gasteiger partial charge on any atom is -0.483 e. The second kappa shape index (κ2) is 8.07. The highest BCUT2D eigenvalue weighted by molar-refractivity contribution is 6.04. The molecule has 3 N–H and O–H groups in total. The molecule has 7 nitrogen and oxygen atoms in total. The molecule has 1 aromatic carbocycles. The number of para-hydroxylation sites is 1. The molecule has 1 heterocycles. The van der Waals surface area contributed by atoms with Crippen LogP contribution in [0, 0.1) is 6.92 Å². The van der Waals surface area contributed by atoms with Gasteiger partial charge in [-0.2, -0.15) is 0 Å². The Morgan fingerprint density at radius 1 is 1.19 bits per heavy atom. The summed E-state index contributed by atoms with van der Waals surface area (Å²) in [6, 6.07) is 7.49. The summed E-state index contributed by atoms with van der Waals surface area (Å²) in [5.41, 5.74) is 8.03. The van der Waals surface area contributed by atoms with Crippen LogP contribution in [0.1, 0.15) is 57.4 Å². The highest BCUT2D eigenvalue weighted by atomic mass is 16.5. The van der Waals surface area contributed by atoms with E-state index in [2.05, 4.69) is 15.8 Å². The van der Waals surface area contributed by atoms with Gasteiger partial charge >= 0.3 is 0 Å². The molecule has 3 rings (SSSR count). The average Bonchev–Trinajstić information content (AvgIpc) is 3.02. The quantitative estimate of drug-likeness (QED) is 0.704. The van der Waals surface area contributed by atoms with Gasteiger partial charge in [-0.3, -0.25) is 25.2 Å². The Hall–Kier alpha value is -3.09. The van der Waals surface area contributed by atoms with Crippen LogP contribution in [0.25, 0.3) is 0 Å². The maximum atomic E-state index is 12.4. The average molecular weight is 369 g/mol. The molecule has 0 unspecified atom stereocenters. The van der Waals surface area contributed by atoms with Crippen molar-refractivity contribution in [3.63, 3.8) is 0 Å². The van der Waals surface area contributed by atoms with Crippen LogP contribution in [0.2, 0.25) is 0 Å². The molecule has 142 valence electrons. The second-order valence-electron chi connectivity index (χ2n) is 6.51. The number of nitrogens with one attached hydrogen (secondary N) is 3. The Morgan fingerprint density at radius 2 is 1.96 bits per heavy atom. The van der Waals surface area contributed by atoms with E-state index in [1.54, 1.807) is 13.0 Å². The summed E-state index contributed by atoms with van der Waals surface area (Å²) < 4.78 is 5.52. The Kier molecular flexibility index (Phi) is 5.59. The largest absolute Gasteiger partial charge is 0.483 e. The van der Waals surface area contributed by atoms with E-state index in [9.17, 15) is 14.4 Å². The Balaban J connectivity index is 1.56. The van der Waals surface area contributed by atoms with Gasteiger partial charge in [0.05, 0.1) is 0 Å². The van der Waals surface area contributed by atoms with Crippen molar-refractivity contribution in [1.29, 1.82) is 0 Å². The first-order valence-electron chi connectivity index (χ1n) is 9.05. The second-order valence-corrected chi connectivity index (χ2v) is 6.51. The molecule has 0 spiro atoms. The Bertz CT molecular complexity index is 885. The fourth-order valence-electron chi connectivity index (χ4n) is 3.31. The Labute approximate surface area is 157 Å². The standard InChI is InChI=1S/C20H23N3O4/c1-3-13-7-4-5-10-16(13)27-11-17(25)22-23-20(26)19-12(2)18-14(21-19)8-6-9-15(18)24/h4-5,7,10,21H,3,6,8-9,11H2,1-2H3,(H,22,25)(H,23,26). The van der Waals surface area contributed by atoms with E-state index in [1.807, 2.05) is 25.1 Å². The van der Waals surface area contributed by atoms with Crippen LogP contribution >= 0.6 is 0 Å². The number of hydrazine groups is 1. The van der Waals surface area contributed by atoms with Crippen LogP contribution in [0.5, 0.6) is 5.75 Å². The molecule has 7 heteroatoms. The first-order valence-corrected chi connectivity index (χ1v) is 9.05. The van der Waals surface area contributed by atoms with Gasteiger partial charge in [-0.1, -0.05) is 25.1 Å². The molecule has 1 aliphatic rings. The molecular weight excluding hydrogens is 346 g/mol. The highest BCUT2D eigenvalue weighted by Crippen LogP contribution is 2.26. The van der Waals surface area contributed by atoms with Gasteiger partial charge in [0.15, 0.2) is 12.4 Å². The first kappa shape index (κ1) is 18.7. The number of H-pyrrole nitrogens is 1. The molecule has 2 aromatic rings. The van der Waals surface area contributed by atoms with Crippen molar-refractivity contribution in [2.45, 2.75) is 39.5 Å². The van der Waals surface area contributed by atoms with Crippen LogP contribution < -0.4 is 15.6 Å². The van der Waals surface area contributed by atoms with Gasteiger partial charge in [0, 0.05) is 17.7 Å². The fourth-order valence-corrected chi connectivity index (χ4v) is 3.31. The molecule has 27 heavy (non-hydrogen) atoms. The molecule has 1 aliphatic carbocycles. The molecule has 0 saturated heterocycles. The normalized spacial score (nSPS) is 13.0. The topological polar surface area (TPSA) is 100 Å². The van der Waals surface area contributed by atoms with Crippen molar-refractivity contribution in [3.8, 4) is 5.75 Å². The maximum Gasteiger partial charge on any atom is 0.286 e. The maximum absolute atomic E-state index is 12.4. The number of hydrogen-bond donors (Lipinski definition) is 3. The summed E-state index contributed by atoms with van der Waals surface area (Å²) in [4.78, 5) is 39.4. The molecule has 0 bridgehead atoms. The van der Waals surface area contributed by atoms with Gasteiger partial charge in [0.1, 0.15) is 11.4 Å². The molecule has 0 fully saturated rings. The van der Waals surface area contributed by atoms with Crippen molar-refractivity contribution in [1.82, 2.24) is 15.8 Å². The molecular formula is C20H23N3O4. The van der Waals surface area contributed by atoms with E-state index >= 15 is 0 Å². The number of carbonyl (C=O) groups excluding carboxylic acids is 3. The third kappa shape index (κ3) is 4.02. The predicted octanol–water partition coefficient (Wildman–Crippen LogP) is 2.24. The van der Waals surface area contributed by atoms with E-state index in [1.165, 1.54) is 0 Å². The number of aromatic amines is 1. The minimum absolute atomic E-state index is 0.0519. The van der Waals surface area contributed by atoms with Crippen LogP contribution in [-0.4, -0.2) is 29.2 Å². The van der Waals surface area contributed by atoms with Gasteiger partial charge < -0.3 is 9.72 Å². The Morgan fingerprint density at radius 3 is 2.70 bits per heavy atom. The predicted molar refractivity (Wildman–Crippen MR) is 99.7 cm³/mol. The smallest absolute Gasteiger partial charge is 0.286 e. The summed E-state index contributed by atoms with van der Waals surface area (Å²) in [6.07, 6.45) is 2.82. The number of hydrogen-bond acceptors (Lipinski definition) is 4. The molecule has 0 radical (unpaired) electrons. The number of amides is 2. The van der Waals surface area contributed by atoms with Gasteiger partial charge in [-0.15, -0.1) is 0 Å². The number of aryl methyl sites for hydroxylation is 2. The molecule has 0 atom stereocenters. The van der Waals surface area contributed by atoms with Crippen molar-refractivity contribution in [2.24, 2.45) is 0 Å². The summed E-state index contributed by atoms with van der Waals surface area (Å²) in [7, 11) is 0. The number of ether oxygens (including phenoxy) is 1. The van der Waals surface area contributed by atoms with Crippen LogP contribution in [0.15, 0.2) is 24.3 Å². The summed E-state index contributed by atoms with van der Waals surface area (Å²) in [5, 5.41) is 0. The van der Waals surface area contributed by atoms with Gasteiger partial charge in [0.2, 0.25) is 0 Å². The van der Waals surface area contributed by atoms with Crippen molar-refractivity contribution in [3.05, 3.63) is 52.3 Å². The number of ketones is 1. The number of Topliss-reactive ketones (excluding diaryl/α,β-unsaturated/α-hetero) is 1. The fraction of sp³-hybridized carbons (Fsp3) is 0.350.